The number of nitrogens with one attached hydrogen (secondary N) is 2. The number of hydrogen-bond acceptors (Lipinski definition) is 4. The predicted molar refractivity (Wildman–Crippen MR) is 104 cm³/mol. The van der Waals surface area contributed by atoms with E-state index in [0.29, 0.717) is 12.3 Å². The number of aryl methyl sites for hydroxylation is 1. The molecule has 3 aromatic rings. The van der Waals surface area contributed by atoms with Gasteiger partial charge in [0.15, 0.2) is 0 Å². The van der Waals surface area contributed by atoms with E-state index < -0.39 is 0 Å². The number of fused-ring (bicyclic) bond motifs is 3. The van der Waals surface area contributed by atoms with E-state index in [9.17, 15) is 4.79 Å². The van der Waals surface area contributed by atoms with Crippen LogP contribution in [0.1, 0.15) is 34.1 Å². The number of ether oxygens (including phenoxy) is 1. The lowest BCUT2D eigenvalue weighted by Gasteiger charge is -2.15. The van der Waals surface area contributed by atoms with Crippen LogP contribution in [0.3, 0.4) is 0 Å². The first kappa shape index (κ1) is 17.0. The molecule has 1 aliphatic carbocycles. The molecule has 1 amide bonds. The topological polar surface area (TPSA) is 79.4 Å². The molecule has 27 heavy (non-hydrogen) atoms. The Labute approximate surface area is 157 Å². The van der Waals surface area contributed by atoms with Crippen LogP contribution in [0.25, 0.3) is 11.3 Å². The molecule has 136 valence electrons. The van der Waals surface area contributed by atoms with Gasteiger partial charge in [-0.15, -0.1) is 0 Å². The van der Waals surface area contributed by atoms with Crippen molar-refractivity contribution in [3.63, 3.8) is 0 Å². The van der Waals surface area contributed by atoms with E-state index in [0.717, 1.165) is 41.0 Å². The third kappa shape index (κ3) is 3.46. The Hall–Kier alpha value is -3.41. The van der Waals surface area contributed by atoms with Crippen molar-refractivity contribution in [2.24, 2.45) is 5.10 Å². The number of nitrogens with zero attached hydrogens (tertiary/aromatic N) is 2. The van der Waals surface area contributed by atoms with Crippen molar-refractivity contribution in [1.82, 2.24) is 15.6 Å². The number of aromatic nitrogens is 2. The van der Waals surface area contributed by atoms with E-state index in [2.05, 4.69) is 26.8 Å². The first-order valence-corrected chi connectivity index (χ1v) is 8.98. The summed E-state index contributed by atoms with van der Waals surface area (Å²) >= 11 is 0. The van der Waals surface area contributed by atoms with Crippen LogP contribution in [-0.4, -0.2) is 28.9 Å². The van der Waals surface area contributed by atoms with Gasteiger partial charge in [-0.05, 0) is 55.2 Å². The molecule has 2 aromatic carbocycles. The Morgan fingerprint density at radius 3 is 2.85 bits per heavy atom. The zero-order valence-corrected chi connectivity index (χ0v) is 15.0. The lowest BCUT2D eigenvalue weighted by Crippen LogP contribution is -2.20. The van der Waals surface area contributed by atoms with E-state index >= 15 is 0 Å². The van der Waals surface area contributed by atoms with Gasteiger partial charge in [0.25, 0.3) is 5.91 Å². The zero-order valence-electron chi connectivity index (χ0n) is 15.0. The summed E-state index contributed by atoms with van der Waals surface area (Å²) in [4.78, 5) is 12.5. The summed E-state index contributed by atoms with van der Waals surface area (Å²) in [5.74, 6) is 0.522. The average molecular weight is 360 g/mol. The monoisotopic (exact) mass is 360 g/mol. The van der Waals surface area contributed by atoms with Crippen molar-refractivity contribution in [3.8, 4) is 17.0 Å². The summed E-state index contributed by atoms with van der Waals surface area (Å²) in [6.07, 6.45) is 3.29. The normalized spacial score (nSPS) is 12.5. The van der Waals surface area contributed by atoms with Gasteiger partial charge < -0.3 is 4.74 Å². The highest BCUT2D eigenvalue weighted by atomic mass is 16.5. The van der Waals surface area contributed by atoms with E-state index in [-0.39, 0.29) is 5.91 Å². The zero-order chi connectivity index (χ0) is 18.6. The van der Waals surface area contributed by atoms with Gasteiger partial charge in [0, 0.05) is 11.1 Å². The summed E-state index contributed by atoms with van der Waals surface area (Å²) in [6, 6.07) is 15.7. The smallest absolute Gasteiger partial charge is 0.289 e. The highest BCUT2D eigenvalue weighted by molar-refractivity contribution is 5.96. The van der Waals surface area contributed by atoms with E-state index in [1.165, 1.54) is 5.56 Å². The molecule has 6 heteroatoms. The Kier molecular flexibility index (Phi) is 4.70. The van der Waals surface area contributed by atoms with Crippen LogP contribution in [0.5, 0.6) is 5.75 Å². The summed E-state index contributed by atoms with van der Waals surface area (Å²) in [5, 5.41) is 11.3. The molecule has 0 saturated carbocycles. The maximum Gasteiger partial charge on any atom is 0.289 e. The second kappa shape index (κ2) is 7.45. The Balaban J connectivity index is 1.46. The van der Waals surface area contributed by atoms with Crippen LogP contribution in [0, 0.1) is 0 Å². The molecule has 0 spiro atoms. The van der Waals surface area contributed by atoms with Crippen LogP contribution in [0.4, 0.5) is 0 Å². The van der Waals surface area contributed by atoms with Crippen LogP contribution in [-0.2, 0) is 12.8 Å². The molecule has 4 rings (SSSR count). The van der Waals surface area contributed by atoms with Crippen molar-refractivity contribution in [2.75, 3.05) is 6.61 Å². The number of amides is 1. The van der Waals surface area contributed by atoms with Gasteiger partial charge >= 0.3 is 0 Å². The van der Waals surface area contributed by atoms with E-state index in [4.69, 9.17) is 4.74 Å². The van der Waals surface area contributed by atoms with Crippen molar-refractivity contribution in [3.05, 3.63) is 70.9 Å². The summed E-state index contributed by atoms with van der Waals surface area (Å²) in [6.45, 7) is 2.57. The first-order chi connectivity index (χ1) is 13.3. The lowest BCUT2D eigenvalue weighted by molar-refractivity contribution is 0.0949. The fourth-order valence-electron chi connectivity index (χ4n) is 3.29. The Bertz CT molecular complexity index is 990. The molecule has 0 radical (unpaired) electrons. The van der Waals surface area contributed by atoms with Gasteiger partial charge in [0.1, 0.15) is 11.4 Å². The second-order valence-corrected chi connectivity index (χ2v) is 6.28. The van der Waals surface area contributed by atoms with E-state index in [1.807, 2.05) is 49.4 Å². The molecule has 0 aliphatic heterocycles. The minimum Gasteiger partial charge on any atom is -0.494 e. The quantitative estimate of drug-likeness (QED) is 0.541. The molecule has 0 unspecified atom stereocenters. The molecule has 0 atom stereocenters. The van der Waals surface area contributed by atoms with Gasteiger partial charge in [-0.25, -0.2) is 5.43 Å². The Morgan fingerprint density at radius 2 is 2.04 bits per heavy atom. The molecule has 0 fully saturated rings. The molecule has 2 N–H and O–H groups in total. The summed E-state index contributed by atoms with van der Waals surface area (Å²) < 4.78 is 5.41. The predicted octanol–water partition coefficient (Wildman–Crippen LogP) is 3.34. The van der Waals surface area contributed by atoms with Crippen molar-refractivity contribution >= 4 is 12.1 Å². The molecule has 1 heterocycles. The Morgan fingerprint density at radius 1 is 1.22 bits per heavy atom. The number of aromatic amines is 1. The number of hydrazone groups is 1. The number of carbonyl (C=O) groups excluding carboxylic acids is 1. The molecule has 6 nitrogen and oxygen atoms in total. The molecule has 1 aliphatic rings. The van der Waals surface area contributed by atoms with Gasteiger partial charge in [-0.2, -0.15) is 10.2 Å². The highest BCUT2D eigenvalue weighted by Crippen LogP contribution is 2.33. The van der Waals surface area contributed by atoms with Crippen LogP contribution in [0.2, 0.25) is 0 Å². The third-order valence-corrected chi connectivity index (χ3v) is 4.58. The fourth-order valence-corrected chi connectivity index (χ4v) is 3.29. The number of carbonyl (C=O) groups is 1. The second-order valence-electron chi connectivity index (χ2n) is 6.28. The van der Waals surface area contributed by atoms with Crippen molar-refractivity contribution in [2.45, 2.75) is 19.8 Å². The van der Waals surface area contributed by atoms with Gasteiger partial charge in [-0.1, -0.05) is 24.3 Å². The highest BCUT2D eigenvalue weighted by Gasteiger charge is 2.24. The van der Waals surface area contributed by atoms with Crippen LogP contribution >= 0.6 is 0 Å². The maximum absolute atomic E-state index is 12.5. The number of benzene rings is 2. The number of rotatable bonds is 5. The lowest BCUT2D eigenvalue weighted by atomic mass is 9.89. The van der Waals surface area contributed by atoms with Crippen LogP contribution in [0.15, 0.2) is 53.6 Å². The molecular weight excluding hydrogens is 340 g/mol. The van der Waals surface area contributed by atoms with E-state index in [1.54, 1.807) is 6.21 Å². The summed E-state index contributed by atoms with van der Waals surface area (Å²) in [7, 11) is 0. The minimum atomic E-state index is -0.287. The summed E-state index contributed by atoms with van der Waals surface area (Å²) in [5.41, 5.74) is 8.08. The third-order valence-electron chi connectivity index (χ3n) is 4.58. The SMILES string of the molecule is CCOc1ccc(/C=N\NC(=O)c2[nH]nc3c2CCc2ccccc2-3)cc1. The van der Waals surface area contributed by atoms with Gasteiger partial charge in [0.05, 0.1) is 18.5 Å². The fraction of sp³-hybridized carbons (Fsp3) is 0.190. The van der Waals surface area contributed by atoms with Gasteiger partial charge in [-0.3, -0.25) is 9.89 Å². The molecule has 0 bridgehead atoms. The van der Waals surface area contributed by atoms with Crippen LogP contribution < -0.4 is 10.2 Å². The average Bonchev–Trinajstić information content (AvgIpc) is 3.14. The molecule has 1 aromatic heterocycles. The largest absolute Gasteiger partial charge is 0.494 e. The van der Waals surface area contributed by atoms with Crippen molar-refractivity contribution in [1.29, 1.82) is 0 Å². The maximum atomic E-state index is 12.5. The van der Waals surface area contributed by atoms with Crippen molar-refractivity contribution < 1.29 is 9.53 Å². The van der Waals surface area contributed by atoms with Gasteiger partial charge in [0.2, 0.25) is 0 Å². The number of H-pyrrole nitrogens is 1. The molecule has 0 saturated heterocycles. The minimum absolute atomic E-state index is 0.287. The molecular formula is C21H20N4O2. The first-order valence-electron chi connectivity index (χ1n) is 8.98. The number of hydrogen-bond donors (Lipinski definition) is 2. The standard InChI is InChI=1S/C21H20N4O2/c1-2-27-16-10-7-14(8-11-16)13-22-25-21(26)20-18-12-9-15-5-3-4-6-17(15)19(18)23-24-20/h3-8,10-11,13H,2,9,12H2,1H3,(H,23,24)(H,25,26)/b22-13-.